The maximum absolute atomic E-state index is 11.8. The summed E-state index contributed by atoms with van der Waals surface area (Å²) in [6.45, 7) is 3.14. The fourth-order valence-corrected chi connectivity index (χ4v) is 3.03. The summed E-state index contributed by atoms with van der Waals surface area (Å²) in [6, 6.07) is 8.11. The second-order valence-corrected chi connectivity index (χ2v) is 7.00. The first-order chi connectivity index (χ1) is 12.6. The van der Waals surface area contributed by atoms with Crippen molar-refractivity contribution < 1.29 is 14.3 Å². The van der Waals surface area contributed by atoms with Gasteiger partial charge in [-0.25, -0.2) is 4.99 Å². The van der Waals surface area contributed by atoms with Gasteiger partial charge in [0.25, 0.3) is 0 Å². The van der Waals surface area contributed by atoms with Crippen molar-refractivity contribution in [1.82, 2.24) is 15.5 Å². The monoisotopic (exact) mass is 360 g/mol. The minimum atomic E-state index is -0.0279. The van der Waals surface area contributed by atoms with Crippen LogP contribution in [0.15, 0.2) is 29.3 Å². The van der Waals surface area contributed by atoms with Crippen molar-refractivity contribution >= 4 is 11.9 Å². The molecule has 2 atom stereocenters. The third-order valence-corrected chi connectivity index (χ3v) is 4.66. The quantitative estimate of drug-likeness (QED) is 0.576. The minimum absolute atomic E-state index is 0.0279. The van der Waals surface area contributed by atoms with Crippen LogP contribution in [-0.2, 0) is 16.0 Å². The summed E-state index contributed by atoms with van der Waals surface area (Å²) in [5.41, 5.74) is 1.23. The number of ether oxygens (including phenoxy) is 2. The first-order valence-corrected chi connectivity index (χ1v) is 9.16. The lowest BCUT2D eigenvalue weighted by Gasteiger charge is -2.18. The molecule has 1 aromatic rings. The van der Waals surface area contributed by atoms with E-state index >= 15 is 0 Å². The molecule has 0 saturated carbocycles. The number of nitrogens with one attached hydrogen (secondary N) is 2. The number of rotatable bonds is 6. The molecule has 7 heteroatoms. The number of guanidine groups is 1. The van der Waals surface area contributed by atoms with Gasteiger partial charge in [0.2, 0.25) is 5.91 Å². The number of amides is 1. The summed E-state index contributed by atoms with van der Waals surface area (Å²) in [7, 11) is 3.47. The van der Waals surface area contributed by atoms with Gasteiger partial charge >= 0.3 is 0 Å². The fraction of sp³-hybridized carbons (Fsp3) is 0.579. The number of aliphatic imine (C=N–C) groups is 1. The van der Waals surface area contributed by atoms with E-state index in [1.807, 2.05) is 18.2 Å². The van der Waals surface area contributed by atoms with Crippen LogP contribution < -0.4 is 15.4 Å². The van der Waals surface area contributed by atoms with E-state index in [1.165, 1.54) is 5.56 Å². The van der Waals surface area contributed by atoms with Crippen LogP contribution in [0.3, 0.4) is 0 Å². The number of para-hydroxylation sites is 1. The van der Waals surface area contributed by atoms with Gasteiger partial charge < -0.3 is 25.0 Å². The van der Waals surface area contributed by atoms with Crippen molar-refractivity contribution in [2.24, 2.45) is 10.9 Å². The van der Waals surface area contributed by atoms with E-state index in [-0.39, 0.29) is 18.6 Å². The Kier molecular flexibility index (Phi) is 6.33. The second-order valence-electron chi connectivity index (χ2n) is 7.00. The zero-order valence-corrected chi connectivity index (χ0v) is 15.5. The number of fused-ring (bicyclic) bond motifs is 1. The van der Waals surface area contributed by atoms with E-state index in [0.717, 1.165) is 38.3 Å². The van der Waals surface area contributed by atoms with Crippen LogP contribution in [0.2, 0.25) is 0 Å². The average molecular weight is 360 g/mol. The van der Waals surface area contributed by atoms with E-state index in [2.05, 4.69) is 21.7 Å². The number of hydrogen-bond donors (Lipinski definition) is 2. The van der Waals surface area contributed by atoms with Gasteiger partial charge in [-0.1, -0.05) is 18.2 Å². The highest BCUT2D eigenvalue weighted by molar-refractivity contribution is 5.84. The molecule has 3 rings (SSSR count). The Labute approximate surface area is 154 Å². The molecule has 2 unspecified atom stereocenters. The van der Waals surface area contributed by atoms with Gasteiger partial charge in [-0.3, -0.25) is 4.79 Å². The van der Waals surface area contributed by atoms with Gasteiger partial charge in [0.15, 0.2) is 5.96 Å². The standard InChI is InChI=1S/C19H28N4O3/c1-23(2)18(24)12-22-19(20-10-14-7-8-25-13-14)21-11-16-9-15-5-3-4-6-17(15)26-16/h3-6,14,16H,7-13H2,1-2H3,(H2,20,21,22). The Bertz CT molecular complexity index is 616. The van der Waals surface area contributed by atoms with E-state index in [4.69, 9.17) is 9.47 Å². The number of nitrogens with zero attached hydrogens (tertiary/aromatic N) is 2. The maximum atomic E-state index is 11.8. The van der Waals surface area contributed by atoms with Crippen molar-refractivity contribution in [2.75, 3.05) is 46.9 Å². The van der Waals surface area contributed by atoms with Crippen LogP contribution >= 0.6 is 0 Å². The molecule has 0 bridgehead atoms. The highest BCUT2D eigenvalue weighted by atomic mass is 16.5. The smallest absolute Gasteiger partial charge is 0.243 e. The van der Waals surface area contributed by atoms with Gasteiger partial charge in [-0.05, 0) is 18.1 Å². The summed E-state index contributed by atoms with van der Waals surface area (Å²) in [5, 5.41) is 6.65. The average Bonchev–Trinajstić information content (AvgIpc) is 3.29. The van der Waals surface area contributed by atoms with E-state index in [9.17, 15) is 4.79 Å². The molecule has 0 spiro atoms. The fourth-order valence-electron chi connectivity index (χ4n) is 3.03. The largest absolute Gasteiger partial charge is 0.488 e. The normalized spacial score (nSPS) is 21.8. The first kappa shape index (κ1) is 18.5. The van der Waals surface area contributed by atoms with Crippen molar-refractivity contribution in [1.29, 1.82) is 0 Å². The van der Waals surface area contributed by atoms with E-state index in [0.29, 0.717) is 18.4 Å². The van der Waals surface area contributed by atoms with Gasteiger partial charge in [-0.15, -0.1) is 0 Å². The highest BCUT2D eigenvalue weighted by Gasteiger charge is 2.22. The Balaban J connectivity index is 1.52. The molecule has 2 aliphatic rings. The lowest BCUT2D eigenvalue weighted by molar-refractivity contribution is -0.127. The van der Waals surface area contributed by atoms with Gasteiger partial charge in [0.1, 0.15) is 18.4 Å². The number of hydrogen-bond acceptors (Lipinski definition) is 4. The SMILES string of the molecule is CN(C)C(=O)CN=C(NCC1CCOC1)NCC1Cc2ccccc2O1. The van der Waals surface area contributed by atoms with Crippen LogP contribution in [0.1, 0.15) is 12.0 Å². The van der Waals surface area contributed by atoms with Gasteiger partial charge in [0.05, 0.1) is 13.2 Å². The number of benzene rings is 1. The molecule has 0 aromatic heterocycles. The molecular formula is C19H28N4O3. The van der Waals surface area contributed by atoms with Gasteiger partial charge in [0, 0.05) is 39.6 Å². The molecule has 1 fully saturated rings. The van der Waals surface area contributed by atoms with Crippen molar-refractivity contribution in [2.45, 2.75) is 18.9 Å². The van der Waals surface area contributed by atoms with Crippen molar-refractivity contribution in [3.8, 4) is 5.75 Å². The van der Waals surface area contributed by atoms with Crippen molar-refractivity contribution in [3.05, 3.63) is 29.8 Å². The molecule has 26 heavy (non-hydrogen) atoms. The highest BCUT2D eigenvalue weighted by Crippen LogP contribution is 2.27. The molecule has 1 saturated heterocycles. The predicted molar refractivity (Wildman–Crippen MR) is 100 cm³/mol. The minimum Gasteiger partial charge on any atom is -0.488 e. The summed E-state index contributed by atoms with van der Waals surface area (Å²) in [4.78, 5) is 17.8. The summed E-state index contributed by atoms with van der Waals surface area (Å²) >= 11 is 0. The van der Waals surface area contributed by atoms with Crippen molar-refractivity contribution in [3.63, 3.8) is 0 Å². The molecule has 0 radical (unpaired) electrons. The summed E-state index contributed by atoms with van der Waals surface area (Å²) in [5.74, 6) is 2.06. The zero-order valence-electron chi connectivity index (χ0n) is 15.5. The lowest BCUT2D eigenvalue weighted by atomic mass is 10.1. The number of likely N-dealkylation sites (N-methyl/N-ethyl adjacent to an activating group) is 1. The molecular weight excluding hydrogens is 332 g/mol. The molecule has 1 amide bonds. The second kappa shape index (κ2) is 8.89. The van der Waals surface area contributed by atoms with Crippen LogP contribution in [-0.4, -0.2) is 69.8 Å². The molecule has 142 valence electrons. The van der Waals surface area contributed by atoms with Crippen LogP contribution in [0.5, 0.6) is 5.75 Å². The lowest BCUT2D eigenvalue weighted by Crippen LogP contribution is -2.44. The topological polar surface area (TPSA) is 75.2 Å². The molecule has 1 aromatic carbocycles. The van der Waals surface area contributed by atoms with E-state index in [1.54, 1.807) is 19.0 Å². The Hall–Kier alpha value is -2.28. The molecule has 2 heterocycles. The molecule has 2 N–H and O–H groups in total. The Morgan fingerprint density at radius 2 is 2.08 bits per heavy atom. The van der Waals surface area contributed by atoms with Crippen LogP contribution in [0.25, 0.3) is 0 Å². The number of carbonyl (C=O) groups is 1. The van der Waals surface area contributed by atoms with Crippen LogP contribution in [0.4, 0.5) is 0 Å². The van der Waals surface area contributed by atoms with Crippen LogP contribution in [0, 0.1) is 5.92 Å². The summed E-state index contributed by atoms with van der Waals surface area (Å²) in [6.07, 6.45) is 2.00. The Morgan fingerprint density at radius 3 is 2.81 bits per heavy atom. The summed E-state index contributed by atoms with van der Waals surface area (Å²) < 4.78 is 11.4. The maximum Gasteiger partial charge on any atom is 0.243 e. The third-order valence-electron chi connectivity index (χ3n) is 4.66. The molecule has 7 nitrogen and oxygen atoms in total. The molecule has 2 aliphatic heterocycles. The Morgan fingerprint density at radius 1 is 1.27 bits per heavy atom. The number of carbonyl (C=O) groups excluding carboxylic acids is 1. The van der Waals surface area contributed by atoms with Gasteiger partial charge in [-0.2, -0.15) is 0 Å². The van der Waals surface area contributed by atoms with E-state index < -0.39 is 0 Å². The molecule has 0 aliphatic carbocycles. The zero-order chi connectivity index (χ0) is 18.4. The third kappa shape index (κ3) is 5.11. The predicted octanol–water partition coefficient (Wildman–Crippen LogP) is 0.650. The first-order valence-electron chi connectivity index (χ1n) is 9.16.